The van der Waals surface area contributed by atoms with Crippen LogP contribution in [-0.2, 0) is 6.18 Å². The van der Waals surface area contributed by atoms with Gasteiger partial charge >= 0.3 is 6.18 Å². The first kappa shape index (κ1) is 12.2. The number of carbonyl (C=O) groups excluding carboxylic acids is 1. The molecular formula is C12H9F3N2O. The first-order valence-electron chi connectivity index (χ1n) is 5.04. The summed E-state index contributed by atoms with van der Waals surface area (Å²) < 4.78 is 37.2. The quantitative estimate of drug-likeness (QED) is 0.850. The van der Waals surface area contributed by atoms with Crippen molar-refractivity contribution in [1.29, 1.82) is 0 Å². The van der Waals surface area contributed by atoms with E-state index in [2.05, 4.69) is 4.98 Å². The van der Waals surface area contributed by atoms with Gasteiger partial charge in [-0.05, 0) is 23.8 Å². The molecule has 0 fully saturated rings. The van der Waals surface area contributed by atoms with Crippen LogP contribution in [-0.4, -0.2) is 10.9 Å². The number of halogens is 3. The van der Waals surface area contributed by atoms with Crippen molar-refractivity contribution in [2.24, 2.45) is 5.73 Å². The molecular weight excluding hydrogens is 245 g/mol. The van der Waals surface area contributed by atoms with Gasteiger partial charge < -0.3 is 10.7 Å². The van der Waals surface area contributed by atoms with Crippen LogP contribution in [0.2, 0.25) is 0 Å². The Kier molecular flexibility index (Phi) is 2.86. The van der Waals surface area contributed by atoms with Crippen LogP contribution in [0.15, 0.2) is 36.5 Å². The third kappa shape index (κ3) is 2.22. The van der Waals surface area contributed by atoms with Crippen LogP contribution in [0, 0.1) is 0 Å². The van der Waals surface area contributed by atoms with E-state index in [1.165, 1.54) is 24.4 Å². The fourth-order valence-electron chi connectivity index (χ4n) is 1.64. The molecule has 2 rings (SSSR count). The Balaban J connectivity index is 2.41. The van der Waals surface area contributed by atoms with Gasteiger partial charge in [0.2, 0.25) is 0 Å². The van der Waals surface area contributed by atoms with Gasteiger partial charge in [0, 0.05) is 6.20 Å². The molecule has 0 bridgehead atoms. The van der Waals surface area contributed by atoms with Crippen molar-refractivity contribution < 1.29 is 18.0 Å². The van der Waals surface area contributed by atoms with E-state index >= 15 is 0 Å². The number of rotatable bonds is 2. The largest absolute Gasteiger partial charge is 0.416 e. The average molecular weight is 254 g/mol. The van der Waals surface area contributed by atoms with Crippen molar-refractivity contribution in [3.8, 4) is 11.3 Å². The van der Waals surface area contributed by atoms with Crippen molar-refractivity contribution in [2.45, 2.75) is 6.18 Å². The molecule has 1 heterocycles. The number of aromatic nitrogens is 1. The van der Waals surface area contributed by atoms with Crippen molar-refractivity contribution in [2.75, 3.05) is 0 Å². The Morgan fingerprint density at radius 1 is 1.11 bits per heavy atom. The van der Waals surface area contributed by atoms with Crippen LogP contribution in [0.1, 0.15) is 15.9 Å². The molecule has 0 spiro atoms. The number of alkyl halides is 3. The Morgan fingerprint density at radius 3 is 2.22 bits per heavy atom. The molecule has 0 radical (unpaired) electrons. The van der Waals surface area contributed by atoms with Gasteiger partial charge in [-0.25, -0.2) is 0 Å². The summed E-state index contributed by atoms with van der Waals surface area (Å²) >= 11 is 0. The first-order chi connectivity index (χ1) is 8.39. The molecule has 18 heavy (non-hydrogen) atoms. The third-order valence-electron chi connectivity index (χ3n) is 2.51. The molecule has 2 aromatic rings. The number of carbonyl (C=O) groups is 1. The second-order valence-electron chi connectivity index (χ2n) is 3.71. The minimum Gasteiger partial charge on any atom is -0.366 e. The van der Waals surface area contributed by atoms with E-state index in [4.69, 9.17) is 5.73 Å². The van der Waals surface area contributed by atoms with Crippen LogP contribution >= 0.6 is 0 Å². The van der Waals surface area contributed by atoms with Gasteiger partial charge in [-0.1, -0.05) is 12.1 Å². The zero-order valence-electron chi connectivity index (χ0n) is 9.08. The molecule has 1 amide bonds. The summed E-state index contributed by atoms with van der Waals surface area (Å²) in [5.74, 6) is -0.633. The molecule has 3 N–H and O–H groups in total. The summed E-state index contributed by atoms with van der Waals surface area (Å²) in [5.41, 5.74) is 5.55. The number of nitrogens with two attached hydrogens (primary N) is 1. The number of benzene rings is 1. The van der Waals surface area contributed by atoms with Crippen molar-refractivity contribution in [1.82, 2.24) is 4.98 Å². The minimum atomic E-state index is -4.37. The topological polar surface area (TPSA) is 58.9 Å². The second kappa shape index (κ2) is 4.21. The summed E-state index contributed by atoms with van der Waals surface area (Å²) in [4.78, 5) is 13.9. The molecule has 3 nitrogen and oxygen atoms in total. The molecule has 1 aromatic heterocycles. The summed E-state index contributed by atoms with van der Waals surface area (Å²) in [6, 6.07) is 5.99. The molecule has 0 unspecified atom stereocenters. The first-order valence-corrected chi connectivity index (χ1v) is 5.04. The van der Waals surface area contributed by atoms with Crippen LogP contribution in [0.25, 0.3) is 11.3 Å². The highest BCUT2D eigenvalue weighted by Crippen LogP contribution is 2.31. The molecule has 6 heteroatoms. The standard InChI is InChI=1S/C12H9F3N2O/c13-12(14,15)8-3-1-7(2-4-8)10-9(11(16)18)5-6-17-10/h1-6,17H,(H2,16,18). The summed E-state index contributed by atoms with van der Waals surface area (Å²) in [7, 11) is 0. The van der Waals surface area contributed by atoms with Gasteiger partial charge in [0.25, 0.3) is 5.91 Å². The maximum absolute atomic E-state index is 12.4. The number of hydrogen-bond donors (Lipinski definition) is 2. The Bertz CT molecular complexity index is 570. The molecule has 0 aliphatic rings. The summed E-state index contributed by atoms with van der Waals surface area (Å²) in [5, 5.41) is 0. The highest BCUT2D eigenvalue weighted by molar-refractivity contribution is 5.99. The molecule has 1 aromatic carbocycles. The number of hydrogen-bond acceptors (Lipinski definition) is 1. The Morgan fingerprint density at radius 2 is 1.72 bits per heavy atom. The van der Waals surface area contributed by atoms with E-state index in [1.807, 2.05) is 0 Å². The SMILES string of the molecule is NC(=O)c1cc[nH]c1-c1ccc(C(F)(F)F)cc1. The predicted octanol–water partition coefficient (Wildman–Crippen LogP) is 2.80. The zero-order valence-corrected chi connectivity index (χ0v) is 9.08. The lowest BCUT2D eigenvalue weighted by Crippen LogP contribution is -2.11. The van der Waals surface area contributed by atoms with E-state index in [0.717, 1.165) is 12.1 Å². The van der Waals surface area contributed by atoms with Gasteiger partial charge in [0.1, 0.15) is 0 Å². The molecule has 0 saturated heterocycles. The van der Waals surface area contributed by atoms with Crippen LogP contribution < -0.4 is 5.73 Å². The van der Waals surface area contributed by atoms with Gasteiger partial charge in [-0.15, -0.1) is 0 Å². The molecule has 0 atom stereocenters. The highest BCUT2D eigenvalue weighted by Gasteiger charge is 2.30. The lowest BCUT2D eigenvalue weighted by atomic mass is 10.1. The molecule has 0 aliphatic heterocycles. The fourth-order valence-corrected chi connectivity index (χ4v) is 1.64. The number of amides is 1. The zero-order chi connectivity index (χ0) is 13.3. The normalized spacial score (nSPS) is 11.5. The van der Waals surface area contributed by atoms with Crippen molar-refractivity contribution in [3.05, 3.63) is 47.7 Å². The highest BCUT2D eigenvalue weighted by atomic mass is 19.4. The molecule has 94 valence electrons. The maximum atomic E-state index is 12.4. The Labute approximate surface area is 100 Å². The van der Waals surface area contributed by atoms with Crippen molar-refractivity contribution >= 4 is 5.91 Å². The Hall–Kier alpha value is -2.24. The average Bonchev–Trinajstić information content (AvgIpc) is 2.77. The number of aromatic amines is 1. The number of H-pyrrole nitrogens is 1. The van der Waals surface area contributed by atoms with E-state index in [1.54, 1.807) is 0 Å². The van der Waals surface area contributed by atoms with Gasteiger partial charge in [0.15, 0.2) is 0 Å². The fraction of sp³-hybridized carbons (Fsp3) is 0.0833. The van der Waals surface area contributed by atoms with Crippen LogP contribution in [0.4, 0.5) is 13.2 Å². The second-order valence-corrected chi connectivity index (χ2v) is 3.71. The minimum absolute atomic E-state index is 0.245. The maximum Gasteiger partial charge on any atom is 0.416 e. The molecule has 0 aliphatic carbocycles. The van der Waals surface area contributed by atoms with Crippen LogP contribution in [0.3, 0.4) is 0 Å². The monoisotopic (exact) mass is 254 g/mol. The molecule has 0 saturated carbocycles. The van der Waals surface area contributed by atoms with E-state index < -0.39 is 17.6 Å². The summed E-state index contributed by atoms with van der Waals surface area (Å²) in [6.07, 6.45) is -2.87. The van der Waals surface area contributed by atoms with Gasteiger partial charge in [-0.3, -0.25) is 4.79 Å². The van der Waals surface area contributed by atoms with E-state index in [9.17, 15) is 18.0 Å². The van der Waals surface area contributed by atoms with Gasteiger partial charge in [0.05, 0.1) is 16.8 Å². The summed E-state index contributed by atoms with van der Waals surface area (Å²) in [6.45, 7) is 0. The van der Waals surface area contributed by atoms with E-state index in [-0.39, 0.29) is 5.56 Å². The van der Waals surface area contributed by atoms with E-state index in [0.29, 0.717) is 11.3 Å². The lowest BCUT2D eigenvalue weighted by Gasteiger charge is -2.07. The van der Waals surface area contributed by atoms with Crippen molar-refractivity contribution in [3.63, 3.8) is 0 Å². The number of primary amides is 1. The smallest absolute Gasteiger partial charge is 0.366 e. The lowest BCUT2D eigenvalue weighted by molar-refractivity contribution is -0.137. The van der Waals surface area contributed by atoms with Crippen LogP contribution in [0.5, 0.6) is 0 Å². The predicted molar refractivity (Wildman–Crippen MR) is 59.7 cm³/mol. The third-order valence-corrected chi connectivity index (χ3v) is 2.51. The number of nitrogens with one attached hydrogen (secondary N) is 1. The van der Waals surface area contributed by atoms with Gasteiger partial charge in [-0.2, -0.15) is 13.2 Å².